The number of para-hydroxylation sites is 1. The Balaban J connectivity index is 0.000000367. The average Bonchev–Trinajstić information content (AvgIpc) is 2.82. The van der Waals surface area contributed by atoms with Crippen LogP contribution < -0.4 is 5.32 Å². The monoisotopic (exact) mass is 242 g/mol. The van der Waals surface area contributed by atoms with E-state index >= 15 is 0 Å². The summed E-state index contributed by atoms with van der Waals surface area (Å²) < 4.78 is 1.93. The van der Waals surface area contributed by atoms with Crippen molar-refractivity contribution >= 4 is 5.91 Å². The van der Waals surface area contributed by atoms with Gasteiger partial charge in [-0.25, -0.2) is 0 Å². The first-order valence-corrected chi connectivity index (χ1v) is 6.31. The number of carbonyl (C=O) groups excluding carboxylic acids is 1. The highest BCUT2D eigenvalue weighted by molar-refractivity contribution is 5.94. The fraction of sp³-hybridized carbons (Fsp3) is 0.267. The largest absolute Gasteiger partial charge is 0.347 e. The molecule has 3 heteroatoms. The van der Waals surface area contributed by atoms with Crippen molar-refractivity contribution in [1.29, 1.82) is 0 Å². The first kappa shape index (κ1) is 12.4. The van der Waals surface area contributed by atoms with E-state index in [1.807, 2.05) is 47.2 Å². The van der Waals surface area contributed by atoms with Gasteiger partial charge in [0.1, 0.15) is 5.69 Å². The second kappa shape index (κ2) is 5.54. The number of amides is 1. The third kappa shape index (κ3) is 2.30. The average molecular weight is 242 g/mol. The third-order valence-corrected chi connectivity index (χ3v) is 2.67. The van der Waals surface area contributed by atoms with Crippen LogP contribution in [0.2, 0.25) is 0 Å². The molecular weight excluding hydrogens is 224 g/mol. The fourth-order valence-corrected chi connectivity index (χ4v) is 1.94. The summed E-state index contributed by atoms with van der Waals surface area (Å²) in [4.78, 5) is 11.7. The zero-order valence-corrected chi connectivity index (χ0v) is 10.8. The molecule has 1 aliphatic heterocycles. The van der Waals surface area contributed by atoms with Crippen molar-refractivity contribution in [1.82, 2.24) is 9.88 Å². The Hall–Kier alpha value is -2.03. The van der Waals surface area contributed by atoms with Crippen molar-refractivity contribution in [2.45, 2.75) is 26.8 Å². The Morgan fingerprint density at radius 1 is 1.17 bits per heavy atom. The molecule has 0 spiro atoms. The van der Waals surface area contributed by atoms with Crippen molar-refractivity contribution < 1.29 is 4.79 Å². The zero-order chi connectivity index (χ0) is 13.0. The minimum absolute atomic E-state index is 0.0174. The van der Waals surface area contributed by atoms with Crippen LogP contribution in [0.1, 0.15) is 36.3 Å². The van der Waals surface area contributed by atoms with E-state index in [0.717, 1.165) is 11.3 Å². The number of fused-ring (bicyclic) bond motifs is 3. The Morgan fingerprint density at radius 2 is 1.89 bits per heavy atom. The Morgan fingerprint density at radius 3 is 2.67 bits per heavy atom. The highest BCUT2D eigenvalue weighted by Crippen LogP contribution is 2.20. The van der Waals surface area contributed by atoms with Crippen molar-refractivity contribution in [2.75, 3.05) is 0 Å². The van der Waals surface area contributed by atoms with Crippen LogP contribution in [0.15, 0.2) is 42.6 Å². The summed E-state index contributed by atoms with van der Waals surface area (Å²) in [7, 11) is 0. The summed E-state index contributed by atoms with van der Waals surface area (Å²) in [5.74, 6) is -0.0174. The molecule has 18 heavy (non-hydrogen) atoms. The molecular formula is C15H18N2O. The van der Waals surface area contributed by atoms with E-state index in [2.05, 4.69) is 19.2 Å². The molecule has 1 amide bonds. The van der Waals surface area contributed by atoms with E-state index < -0.39 is 0 Å². The number of carbonyl (C=O) groups is 1. The molecule has 1 N–H and O–H groups in total. The maximum absolute atomic E-state index is 11.7. The van der Waals surface area contributed by atoms with Gasteiger partial charge in [0.05, 0.1) is 5.69 Å². The van der Waals surface area contributed by atoms with E-state index in [9.17, 15) is 4.79 Å². The molecule has 1 aromatic carbocycles. The number of benzene rings is 1. The summed E-state index contributed by atoms with van der Waals surface area (Å²) in [5.41, 5.74) is 2.91. The maximum atomic E-state index is 11.7. The van der Waals surface area contributed by atoms with E-state index in [0.29, 0.717) is 12.2 Å². The lowest BCUT2D eigenvalue weighted by Gasteiger charge is -2.07. The molecule has 2 heterocycles. The lowest BCUT2D eigenvalue weighted by atomic mass is 10.2. The van der Waals surface area contributed by atoms with E-state index in [-0.39, 0.29) is 5.91 Å². The molecule has 2 aromatic rings. The quantitative estimate of drug-likeness (QED) is 0.756. The molecule has 0 unspecified atom stereocenters. The van der Waals surface area contributed by atoms with Crippen molar-refractivity contribution in [3.63, 3.8) is 0 Å². The van der Waals surface area contributed by atoms with Gasteiger partial charge in [-0.3, -0.25) is 4.79 Å². The summed E-state index contributed by atoms with van der Waals surface area (Å²) >= 11 is 0. The molecule has 1 aromatic heterocycles. The molecule has 0 radical (unpaired) electrons. The second-order valence-corrected chi connectivity index (χ2v) is 4.28. The number of aromatic nitrogens is 1. The van der Waals surface area contributed by atoms with Crippen LogP contribution in [-0.4, -0.2) is 10.5 Å². The number of nitrogens with zero attached hydrogens (tertiary/aromatic N) is 1. The summed E-state index contributed by atoms with van der Waals surface area (Å²) in [5, 5.41) is 2.88. The summed E-state index contributed by atoms with van der Waals surface area (Å²) in [6, 6.07) is 11.7. The number of nitrogens with one attached hydrogen (secondary N) is 1. The highest BCUT2D eigenvalue weighted by Gasteiger charge is 2.17. The lowest BCUT2D eigenvalue weighted by molar-refractivity contribution is 0.0946. The Kier molecular flexibility index (Phi) is 3.82. The summed E-state index contributed by atoms with van der Waals surface area (Å²) in [6.45, 7) is 4.84. The van der Waals surface area contributed by atoms with Gasteiger partial charge in [0.15, 0.2) is 0 Å². The van der Waals surface area contributed by atoms with Gasteiger partial charge in [-0.1, -0.05) is 38.5 Å². The molecule has 0 saturated heterocycles. The topological polar surface area (TPSA) is 34.0 Å². The van der Waals surface area contributed by atoms with Crippen LogP contribution in [-0.2, 0) is 6.54 Å². The van der Waals surface area contributed by atoms with Crippen LogP contribution in [0.25, 0.3) is 5.69 Å². The Labute approximate surface area is 107 Å². The van der Waals surface area contributed by atoms with Gasteiger partial charge in [0.2, 0.25) is 0 Å². The van der Waals surface area contributed by atoms with Gasteiger partial charge in [0, 0.05) is 12.7 Å². The standard InChI is InChI=1S/C12H10N2O.C3H8/c15-12-11-6-3-7-14(11)10-5-2-1-4-9(10)8-13-12;1-3-2/h1-7H,8H2,(H,13,15);3H2,1-2H3. The maximum Gasteiger partial charge on any atom is 0.268 e. The minimum atomic E-state index is -0.0174. The number of rotatable bonds is 0. The van der Waals surface area contributed by atoms with Crippen LogP contribution in [0.3, 0.4) is 0 Å². The molecule has 0 fully saturated rings. The van der Waals surface area contributed by atoms with E-state index in [1.54, 1.807) is 0 Å². The SMILES string of the molecule is CCC.O=C1NCc2ccccc2-n2cccc21. The van der Waals surface area contributed by atoms with E-state index in [1.165, 1.54) is 6.42 Å². The van der Waals surface area contributed by atoms with Gasteiger partial charge in [0.25, 0.3) is 5.91 Å². The number of hydrogen-bond donors (Lipinski definition) is 1. The molecule has 3 nitrogen and oxygen atoms in total. The van der Waals surface area contributed by atoms with Gasteiger partial charge in [-0.15, -0.1) is 0 Å². The van der Waals surface area contributed by atoms with E-state index in [4.69, 9.17) is 0 Å². The molecule has 0 bridgehead atoms. The molecule has 1 aliphatic rings. The third-order valence-electron chi connectivity index (χ3n) is 2.67. The molecule has 0 saturated carbocycles. The van der Waals surface area contributed by atoms with Gasteiger partial charge >= 0.3 is 0 Å². The fourth-order valence-electron chi connectivity index (χ4n) is 1.94. The lowest BCUT2D eigenvalue weighted by Crippen LogP contribution is -2.21. The zero-order valence-electron chi connectivity index (χ0n) is 10.8. The minimum Gasteiger partial charge on any atom is -0.347 e. The van der Waals surface area contributed by atoms with Gasteiger partial charge in [-0.05, 0) is 23.8 Å². The van der Waals surface area contributed by atoms with Crippen LogP contribution in [0, 0.1) is 0 Å². The second-order valence-electron chi connectivity index (χ2n) is 4.28. The molecule has 3 rings (SSSR count). The van der Waals surface area contributed by atoms with Gasteiger partial charge < -0.3 is 9.88 Å². The first-order chi connectivity index (χ1) is 8.77. The highest BCUT2D eigenvalue weighted by atomic mass is 16.1. The van der Waals surface area contributed by atoms with Crippen LogP contribution in [0.5, 0.6) is 0 Å². The predicted molar refractivity (Wildman–Crippen MR) is 72.9 cm³/mol. The first-order valence-electron chi connectivity index (χ1n) is 6.31. The van der Waals surface area contributed by atoms with Crippen LogP contribution in [0.4, 0.5) is 0 Å². The van der Waals surface area contributed by atoms with Crippen molar-refractivity contribution in [3.8, 4) is 5.69 Å². The summed E-state index contributed by atoms with van der Waals surface area (Å²) in [6.07, 6.45) is 3.17. The number of hydrogen-bond acceptors (Lipinski definition) is 1. The molecule has 94 valence electrons. The van der Waals surface area contributed by atoms with Gasteiger partial charge in [-0.2, -0.15) is 0 Å². The van der Waals surface area contributed by atoms with Crippen molar-refractivity contribution in [2.24, 2.45) is 0 Å². The molecule has 0 atom stereocenters. The Bertz CT molecular complexity index is 543. The smallest absolute Gasteiger partial charge is 0.268 e. The normalized spacial score (nSPS) is 12.4. The van der Waals surface area contributed by atoms with Crippen LogP contribution >= 0.6 is 0 Å². The molecule has 0 aliphatic carbocycles. The van der Waals surface area contributed by atoms with Crippen molar-refractivity contribution in [3.05, 3.63) is 53.9 Å². The predicted octanol–water partition coefficient (Wildman–Crippen LogP) is 3.14.